The van der Waals surface area contributed by atoms with Crippen molar-refractivity contribution in [1.29, 1.82) is 0 Å². The van der Waals surface area contributed by atoms with Gasteiger partial charge in [-0.2, -0.15) is 0 Å². The molecule has 0 aliphatic carbocycles. The van der Waals surface area contributed by atoms with Crippen LogP contribution in [0.2, 0.25) is 36.3 Å². The first-order chi connectivity index (χ1) is 9.46. The van der Waals surface area contributed by atoms with E-state index in [1.54, 1.807) is 0 Å². The molecule has 0 saturated carbocycles. The predicted molar refractivity (Wildman–Crippen MR) is 103 cm³/mol. The molecule has 0 amide bonds. The molecule has 0 bridgehead atoms. The quantitative estimate of drug-likeness (QED) is 0.453. The summed E-state index contributed by atoms with van der Waals surface area (Å²) < 4.78 is 0. The van der Waals surface area contributed by atoms with Gasteiger partial charge in [0.05, 0.1) is 16.1 Å². The summed E-state index contributed by atoms with van der Waals surface area (Å²) in [6, 6.07) is 8.13. The Balaban J connectivity index is 4.30. The van der Waals surface area contributed by atoms with Crippen molar-refractivity contribution < 1.29 is 0 Å². The standard InChI is InChI=1S/C15H36N2SSi2/c1-7-19(8-2,9-3)13-16-15(18)17-14-20(10-4,11-5)12-6/h7-14H2,1-6H3,(H2,16,17,18). The van der Waals surface area contributed by atoms with Crippen molar-refractivity contribution in [2.75, 3.05) is 12.3 Å². The lowest BCUT2D eigenvalue weighted by Crippen LogP contribution is -2.52. The Kier molecular flexibility index (Phi) is 10.0. The van der Waals surface area contributed by atoms with Gasteiger partial charge in [0.15, 0.2) is 5.11 Å². The van der Waals surface area contributed by atoms with Crippen molar-refractivity contribution in [3.8, 4) is 0 Å². The summed E-state index contributed by atoms with van der Waals surface area (Å²) in [7, 11) is -2.21. The van der Waals surface area contributed by atoms with Crippen LogP contribution < -0.4 is 10.6 Å². The van der Waals surface area contributed by atoms with Gasteiger partial charge in [-0.25, -0.2) is 0 Å². The molecular formula is C15H36N2SSi2. The number of nitrogens with one attached hydrogen (secondary N) is 2. The van der Waals surface area contributed by atoms with Crippen molar-refractivity contribution in [3.63, 3.8) is 0 Å². The molecule has 0 aromatic rings. The Bertz CT molecular complexity index is 235. The molecule has 0 atom stereocenters. The number of rotatable bonds is 10. The summed E-state index contributed by atoms with van der Waals surface area (Å²) in [5.74, 6) is 0. The molecule has 0 rings (SSSR count). The zero-order chi connectivity index (χ0) is 15.6. The second-order valence-electron chi connectivity index (χ2n) is 6.16. The first-order valence-electron chi connectivity index (χ1n) is 8.48. The third-order valence-electron chi connectivity index (χ3n) is 5.75. The Morgan fingerprint density at radius 3 is 1.10 bits per heavy atom. The highest BCUT2D eigenvalue weighted by molar-refractivity contribution is 7.80. The summed E-state index contributed by atoms with van der Waals surface area (Å²) in [5, 5.41) is 7.94. The highest BCUT2D eigenvalue weighted by Gasteiger charge is 2.28. The Hall–Kier alpha value is 0.124. The zero-order valence-corrected chi connectivity index (χ0v) is 17.4. The third kappa shape index (κ3) is 5.86. The van der Waals surface area contributed by atoms with Crippen LogP contribution in [0.5, 0.6) is 0 Å². The minimum Gasteiger partial charge on any atom is -0.366 e. The average molecular weight is 333 g/mol. The molecule has 0 aromatic heterocycles. The molecule has 0 heterocycles. The van der Waals surface area contributed by atoms with Crippen LogP contribution in [0.4, 0.5) is 0 Å². The molecule has 5 heteroatoms. The van der Waals surface area contributed by atoms with E-state index in [4.69, 9.17) is 12.2 Å². The van der Waals surface area contributed by atoms with Crippen LogP contribution in [0.3, 0.4) is 0 Å². The van der Waals surface area contributed by atoms with Gasteiger partial charge in [0, 0.05) is 12.3 Å². The fourth-order valence-electron chi connectivity index (χ4n) is 2.85. The van der Waals surface area contributed by atoms with E-state index in [1.165, 1.54) is 36.3 Å². The molecule has 2 N–H and O–H groups in total. The lowest BCUT2D eigenvalue weighted by atomic mass is 10.9. The maximum absolute atomic E-state index is 5.50. The summed E-state index contributed by atoms with van der Waals surface area (Å²) in [6.45, 7) is 14.1. The van der Waals surface area contributed by atoms with E-state index in [1.807, 2.05) is 0 Å². The monoisotopic (exact) mass is 332 g/mol. The van der Waals surface area contributed by atoms with Crippen molar-refractivity contribution in [3.05, 3.63) is 0 Å². The van der Waals surface area contributed by atoms with Gasteiger partial charge in [-0.15, -0.1) is 0 Å². The van der Waals surface area contributed by atoms with Crippen molar-refractivity contribution >= 4 is 33.5 Å². The second kappa shape index (κ2) is 9.95. The molecule has 0 radical (unpaired) electrons. The van der Waals surface area contributed by atoms with Gasteiger partial charge in [-0.3, -0.25) is 0 Å². The van der Waals surface area contributed by atoms with E-state index in [2.05, 4.69) is 52.2 Å². The summed E-state index contributed by atoms with van der Waals surface area (Å²) >= 11 is 5.50. The Morgan fingerprint density at radius 1 is 0.650 bits per heavy atom. The molecule has 0 fully saturated rings. The van der Waals surface area contributed by atoms with Crippen LogP contribution in [0, 0.1) is 0 Å². The number of hydrogen-bond donors (Lipinski definition) is 2. The third-order valence-corrected chi connectivity index (χ3v) is 16.9. The highest BCUT2D eigenvalue weighted by Crippen LogP contribution is 2.20. The molecule has 0 unspecified atom stereocenters. The molecule has 0 aromatic carbocycles. The van der Waals surface area contributed by atoms with E-state index in [-0.39, 0.29) is 0 Å². The fraction of sp³-hybridized carbons (Fsp3) is 0.933. The molecule has 0 spiro atoms. The van der Waals surface area contributed by atoms with E-state index in [9.17, 15) is 0 Å². The fourth-order valence-corrected chi connectivity index (χ4v) is 8.85. The molecule has 0 aliphatic rings. The van der Waals surface area contributed by atoms with Gasteiger partial charge in [0.1, 0.15) is 0 Å². The van der Waals surface area contributed by atoms with Gasteiger partial charge in [0.25, 0.3) is 0 Å². The normalized spacial score (nSPS) is 12.3. The zero-order valence-electron chi connectivity index (χ0n) is 14.6. The van der Waals surface area contributed by atoms with Gasteiger partial charge in [0.2, 0.25) is 0 Å². The summed E-state index contributed by atoms with van der Waals surface area (Å²) in [5.41, 5.74) is 0. The molecule has 2 nitrogen and oxygen atoms in total. The van der Waals surface area contributed by atoms with Crippen LogP contribution in [0.25, 0.3) is 0 Å². The smallest absolute Gasteiger partial charge is 0.165 e. The first kappa shape index (κ1) is 20.1. The molecule has 0 saturated heterocycles. The predicted octanol–water partition coefficient (Wildman–Crippen LogP) is 4.55. The van der Waals surface area contributed by atoms with Gasteiger partial charge < -0.3 is 10.6 Å². The largest absolute Gasteiger partial charge is 0.366 e. The van der Waals surface area contributed by atoms with E-state index in [0.29, 0.717) is 0 Å². The SMILES string of the molecule is CC[Si](CC)(CC)CNC(=S)NC[Si](CC)(CC)CC. The summed E-state index contributed by atoms with van der Waals surface area (Å²) in [4.78, 5) is 0. The lowest BCUT2D eigenvalue weighted by Gasteiger charge is -2.31. The van der Waals surface area contributed by atoms with Gasteiger partial charge in [-0.1, -0.05) is 77.8 Å². The van der Waals surface area contributed by atoms with Crippen molar-refractivity contribution in [1.82, 2.24) is 10.6 Å². The Morgan fingerprint density at radius 2 is 0.900 bits per heavy atom. The van der Waals surface area contributed by atoms with Gasteiger partial charge in [-0.05, 0) is 12.2 Å². The van der Waals surface area contributed by atoms with Crippen LogP contribution in [0.1, 0.15) is 41.5 Å². The molecule has 120 valence electrons. The molecule has 20 heavy (non-hydrogen) atoms. The van der Waals surface area contributed by atoms with E-state index >= 15 is 0 Å². The minimum atomic E-state index is -1.11. The summed E-state index contributed by atoms with van der Waals surface area (Å²) in [6.07, 6.45) is 2.28. The van der Waals surface area contributed by atoms with Crippen molar-refractivity contribution in [2.24, 2.45) is 0 Å². The van der Waals surface area contributed by atoms with Crippen LogP contribution in [-0.2, 0) is 0 Å². The number of thiocarbonyl (C=S) groups is 1. The maximum Gasteiger partial charge on any atom is 0.165 e. The van der Waals surface area contributed by atoms with Gasteiger partial charge >= 0.3 is 0 Å². The number of hydrogen-bond acceptors (Lipinski definition) is 1. The average Bonchev–Trinajstić information content (AvgIpc) is 2.51. The first-order valence-corrected chi connectivity index (χ1v) is 14.5. The van der Waals surface area contributed by atoms with E-state index < -0.39 is 16.1 Å². The molecule has 0 aliphatic heterocycles. The maximum atomic E-state index is 5.50. The minimum absolute atomic E-state index is 0.893. The van der Waals surface area contributed by atoms with Crippen LogP contribution in [-0.4, -0.2) is 33.6 Å². The van der Waals surface area contributed by atoms with Crippen molar-refractivity contribution in [2.45, 2.75) is 77.8 Å². The highest BCUT2D eigenvalue weighted by atomic mass is 32.1. The second-order valence-corrected chi connectivity index (χ2v) is 17.5. The Labute approximate surface area is 134 Å². The molecular weight excluding hydrogens is 296 g/mol. The van der Waals surface area contributed by atoms with Crippen LogP contribution >= 0.6 is 12.2 Å². The van der Waals surface area contributed by atoms with E-state index in [0.717, 1.165) is 17.4 Å². The topological polar surface area (TPSA) is 24.1 Å². The lowest BCUT2D eigenvalue weighted by molar-refractivity contribution is 0.935. The van der Waals surface area contributed by atoms with Crippen LogP contribution in [0.15, 0.2) is 0 Å².